The van der Waals surface area contributed by atoms with Gasteiger partial charge in [0, 0.05) is 12.1 Å². The molecule has 1 fully saturated rings. The highest BCUT2D eigenvalue weighted by atomic mass is 35.5. The summed E-state index contributed by atoms with van der Waals surface area (Å²) in [6.45, 7) is 3.91. The molecular weight excluding hydrogens is 341 g/mol. The van der Waals surface area contributed by atoms with Gasteiger partial charge in [0.15, 0.2) is 11.5 Å². The molecule has 2 heterocycles. The third-order valence-electron chi connectivity index (χ3n) is 4.00. The molecule has 1 aliphatic rings. The van der Waals surface area contributed by atoms with E-state index in [2.05, 4.69) is 22.4 Å². The van der Waals surface area contributed by atoms with Gasteiger partial charge in [-0.15, -0.1) is 12.4 Å². The van der Waals surface area contributed by atoms with Crippen molar-refractivity contribution in [3.63, 3.8) is 0 Å². The zero-order valence-electron chi connectivity index (χ0n) is 13.2. The van der Waals surface area contributed by atoms with Crippen molar-refractivity contribution in [1.29, 1.82) is 0 Å². The second kappa shape index (κ2) is 6.95. The van der Waals surface area contributed by atoms with Crippen molar-refractivity contribution in [2.45, 2.75) is 18.8 Å². The molecule has 2 aromatic rings. The molecule has 23 heavy (non-hydrogen) atoms. The Morgan fingerprint density at radius 3 is 2.70 bits per heavy atom. The van der Waals surface area contributed by atoms with E-state index in [1.165, 1.54) is 0 Å². The highest BCUT2D eigenvalue weighted by molar-refractivity contribution is 6.32. The maximum Gasteiger partial charge on any atom is 0.234 e. The van der Waals surface area contributed by atoms with Gasteiger partial charge in [-0.25, -0.2) is 0 Å². The summed E-state index contributed by atoms with van der Waals surface area (Å²) in [6.07, 6.45) is 0.974. The van der Waals surface area contributed by atoms with Gasteiger partial charge in [0.25, 0.3) is 0 Å². The molecule has 0 aliphatic carbocycles. The van der Waals surface area contributed by atoms with E-state index in [0.717, 1.165) is 25.1 Å². The Balaban J connectivity index is 0.00000192. The van der Waals surface area contributed by atoms with E-state index in [1.807, 2.05) is 0 Å². The lowest BCUT2D eigenvalue weighted by Gasteiger charge is -2.15. The zero-order valence-corrected chi connectivity index (χ0v) is 14.8. The van der Waals surface area contributed by atoms with E-state index < -0.39 is 0 Å². The molecule has 1 aliphatic heterocycles. The van der Waals surface area contributed by atoms with E-state index in [1.54, 1.807) is 26.4 Å². The Bertz CT molecular complexity index is 685. The maximum absolute atomic E-state index is 6.22. The summed E-state index contributed by atoms with van der Waals surface area (Å²) in [5.74, 6) is 2.15. The summed E-state index contributed by atoms with van der Waals surface area (Å²) < 4.78 is 16.0. The summed E-state index contributed by atoms with van der Waals surface area (Å²) in [5.41, 5.74) is 0.609. The summed E-state index contributed by atoms with van der Waals surface area (Å²) in [7, 11) is 3.11. The Morgan fingerprint density at radius 1 is 1.30 bits per heavy atom. The molecule has 0 spiro atoms. The topological polar surface area (TPSA) is 69.4 Å². The normalized spacial score (nSPS) is 20.2. The third-order valence-corrected chi connectivity index (χ3v) is 4.28. The Morgan fingerprint density at radius 2 is 2.09 bits per heavy atom. The smallest absolute Gasteiger partial charge is 0.234 e. The number of nitrogens with zero attached hydrogens (tertiary/aromatic N) is 2. The number of hydrogen-bond acceptors (Lipinski definition) is 6. The van der Waals surface area contributed by atoms with E-state index in [4.69, 9.17) is 25.6 Å². The molecule has 1 aromatic carbocycles. The molecule has 1 saturated heterocycles. The van der Waals surface area contributed by atoms with Gasteiger partial charge in [-0.05, 0) is 32.0 Å². The van der Waals surface area contributed by atoms with Crippen LogP contribution in [0.2, 0.25) is 5.02 Å². The first kappa shape index (κ1) is 17.8. The van der Waals surface area contributed by atoms with Crippen LogP contribution in [-0.4, -0.2) is 37.4 Å². The first-order chi connectivity index (χ1) is 10.6. The maximum atomic E-state index is 6.22. The van der Waals surface area contributed by atoms with Crippen LogP contribution in [0, 0.1) is 0 Å². The summed E-state index contributed by atoms with van der Waals surface area (Å²) >= 11 is 6.22. The van der Waals surface area contributed by atoms with Crippen LogP contribution in [0.4, 0.5) is 0 Å². The molecule has 1 atom stereocenters. The number of rotatable bonds is 4. The molecular formula is C15H19Cl2N3O3. The molecule has 1 N–H and O–H groups in total. The van der Waals surface area contributed by atoms with E-state index in [-0.39, 0.29) is 17.8 Å². The standard InChI is InChI=1S/C15H18ClN3O3.ClH/c1-15(4-5-17-8-15)14-18-13(19-22-14)9-6-10(16)12(21-3)11(7-9)20-2;/h6-7,17H,4-5,8H2,1-3H3;1H. The van der Waals surface area contributed by atoms with Gasteiger partial charge in [-0.1, -0.05) is 16.8 Å². The van der Waals surface area contributed by atoms with Crippen molar-refractivity contribution in [2.75, 3.05) is 27.3 Å². The summed E-state index contributed by atoms with van der Waals surface area (Å²) in [5, 5.41) is 7.84. The van der Waals surface area contributed by atoms with Gasteiger partial charge in [-0.2, -0.15) is 4.98 Å². The van der Waals surface area contributed by atoms with Crippen LogP contribution in [0.3, 0.4) is 0 Å². The highest BCUT2D eigenvalue weighted by Crippen LogP contribution is 2.39. The molecule has 1 aromatic heterocycles. The van der Waals surface area contributed by atoms with Gasteiger partial charge in [0.1, 0.15) is 0 Å². The van der Waals surface area contributed by atoms with Crippen LogP contribution in [0.25, 0.3) is 11.4 Å². The second-order valence-corrected chi connectivity index (χ2v) is 6.01. The molecule has 3 rings (SSSR count). The fourth-order valence-corrected chi connectivity index (χ4v) is 2.92. The van der Waals surface area contributed by atoms with Gasteiger partial charge >= 0.3 is 0 Å². The monoisotopic (exact) mass is 359 g/mol. The van der Waals surface area contributed by atoms with Crippen LogP contribution in [-0.2, 0) is 5.41 Å². The molecule has 126 valence electrons. The van der Waals surface area contributed by atoms with E-state index in [0.29, 0.717) is 28.2 Å². The largest absolute Gasteiger partial charge is 0.493 e. The Hall–Kier alpha value is -1.50. The first-order valence-corrected chi connectivity index (χ1v) is 7.42. The van der Waals surface area contributed by atoms with Crippen LogP contribution in [0.5, 0.6) is 11.5 Å². The van der Waals surface area contributed by atoms with Gasteiger partial charge in [0.2, 0.25) is 11.7 Å². The van der Waals surface area contributed by atoms with E-state index >= 15 is 0 Å². The first-order valence-electron chi connectivity index (χ1n) is 7.04. The molecule has 0 radical (unpaired) electrons. The summed E-state index contributed by atoms with van der Waals surface area (Å²) in [6, 6.07) is 3.53. The molecule has 0 saturated carbocycles. The van der Waals surface area contributed by atoms with E-state index in [9.17, 15) is 0 Å². The molecule has 0 bridgehead atoms. The number of aromatic nitrogens is 2. The lowest BCUT2D eigenvalue weighted by molar-refractivity contribution is 0.306. The van der Waals surface area contributed by atoms with Gasteiger partial charge in [-0.3, -0.25) is 0 Å². The molecule has 8 heteroatoms. The number of ether oxygens (including phenoxy) is 2. The minimum absolute atomic E-state index is 0. The molecule has 1 unspecified atom stereocenters. The predicted octanol–water partition coefficient (Wildman–Crippen LogP) is 3.08. The fourth-order valence-electron chi connectivity index (χ4n) is 2.63. The number of hydrogen-bond donors (Lipinski definition) is 1. The van der Waals surface area contributed by atoms with Crippen molar-refractivity contribution in [2.24, 2.45) is 0 Å². The minimum atomic E-state index is -0.119. The second-order valence-electron chi connectivity index (χ2n) is 5.60. The average molecular weight is 360 g/mol. The van der Waals surface area contributed by atoms with Crippen LogP contribution in [0.15, 0.2) is 16.7 Å². The number of methoxy groups -OCH3 is 2. The highest BCUT2D eigenvalue weighted by Gasteiger charge is 2.36. The molecule has 0 amide bonds. The molecule has 6 nitrogen and oxygen atoms in total. The lowest BCUT2D eigenvalue weighted by atomic mass is 9.90. The van der Waals surface area contributed by atoms with Gasteiger partial charge < -0.3 is 19.3 Å². The van der Waals surface area contributed by atoms with Crippen molar-refractivity contribution in [1.82, 2.24) is 15.5 Å². The lowest BCUT2D eigenvalue weighted by Crippen LogP contribution is -2.25. The number of nitrogens with one attached hydrogen (secondary N) is 1. The van der Waals surface area contributed by atoms with Crippen LogP contribution < -0.4 is 14.8 Å². The van der Waals surface area contributed by atoms with Crippen LogP contribution in [0.1, 0.15) is 19.2 Å². The zero-order chi connectivity index (χ0) is 15.7. The Labute approximate surface area is 145 Å². The van der Waals surface area contributed by atoms with Crippen molar-refractivity contribution in [3.05, 3.63) is 23.0 Å². The number of benzene rings is 1. The third kappa shape index (κ3) is 3.24. The van der Waals surface area contributed by atoms with Crippen LogP contribution >= 0.6 is 24.0 Å². The predicted molar refractivity (Wildman–Crippen MR) is 89.9 cm³/mol. The van der Waals surface area contributed by atoms with Crippen molar-refractivity contribution < 1.29 is 14.0 Å². The Kier molecular flexibility index (Phi) is 5.39. The SMILES string of the molecule is COc1cc(-c2noc(C3(C)CCNC3)n2)cc(Cl)c1OC.Cl. The van der Waals surface area contributed by atoms with Gasteiger partial charge in [0.05, 0.1) is 24.7 Å². The quantitative estimate of drug-likeness (QED) is 0.904. The average Bonchev–Trinajstić information content (AvgIpc) is 3.16. The fraction of sp³-hybridized carbons (Fsp3) is 0.467. The van der Waals surface area contributed by atoms with Crippen molar-refractivity contribution in [3.8, 4) is 22.9 Å². The summed E-state index contributed by atoms with van der Waals surface area (Å²) in [4.78, 5) is 4.53. The minimum Gasteiger partial charge on any atom is -0.493 e. The van der Waals surface area contributed by atoms with Crippen molar-refractivity contribution >= 4 is 24.0 Å². The number of halogens is 2.